The molecule has 1 aromatic carbocycles. The summed E-state index contributed by atoms with van der Waals surface area (Å²) in [5, 5.41) is 15.9. The number of nitriles is 1. The Hall–Kier alpha value is -2.92. The molecule has 232 valence electrons. The summed E-state index contributed by atoms with van der Waals surface area (Å²) in [6, 6.07) is 5.91. The number of rotatable bonds is 10. The Kier molecular flexibility index (Phi) is 9.88. The van der Waals surface area contributed by atoms with Crippen LogP contribution < -0.4 is 10.1 Å². The van der Waals surface area contributed by atoms with Crippen molar-refractivity contribution in [3.8, 4) is 23.1 Å². The van der Waals surface area contributed by atoms with Gasteiger partial charge in [-0.3, -0.25) is 9.48 Å². The summed E-state index contributed by atoms with van der Waals surface area (Å²) in [5.74, 6) is -1.18. The zero-order valence-electron chi connectivity index (χ0n) is 23.5. The third kappa shape index (κ3) is 7.34. The molecule has 1 aliphatic carbocycles. The van der Waals surface area contributed by atoms with E-state index in [9.17, 15) is 40.4 Å². The van der Waals surface area contributed by atoms with Gasteiger partial charge in [0.05, 0.1) is 32.9 Å². The maximum atomic E-state index is 13.4. The first-order valence-corrected chi connectivity index (χ1v) is 15.5. The Morgan fingerprint density at radius 2 is 1.90 bits per heavy atom. The summed E-state index contributed by atoms with van der Waals surface area (Å²) in [6.07, 6.45) is -2.82. The molecule has 1 fully saturated rings. The SMILES string of the molecule is CCn1nc(C(=O)NC[C@]2(C#N)CC[C@H](S(C)(=O)=O)CC2)c(Cl)c1-c1ccc(CC(C)(C)C(F)(F)F)cc1OC(F)F. The van der Waals surface area contributed by atoms with Gasteiger partial charge in [0.1, 0.15) is 15.6 Å². The number of nitrogens with one attached hydrogen (secondary N) is 1. The molecule has 1 aromatic heterocycles. The normalized spacial score (nSPS) is 19.9. The molecule has 15 heteroatoms. The average Bonchev–Trinajstić information content (AvgIpc) is 3.22. The van der Waals surface area contributed by atoms with Crippen LogP contribution in [0.15, 0.2) is 18.2 Å². The van der Waals surface area contributed by atoms with Crippen LogP contribution >= 0.6 is 11.6 Å². The van der Waals surface area contributed by atoms with E-state index in [1.165, 1.54) is 16.8 Å². The van der Waals surface area contributed by atoms with E-state index < -0.39 is 56.8 Å². The molecule has 1 saturated carbocycles. The van der Waals surface area contributed by atoms with E-state index >= 15 is 0 Å². The van der Waals surface area contributed by atoms with Crippen molar-refractivity contribution in [2.45, 2.75) is 77.5 Å². The van der Waals surface area contributed by atoms with E-state index in [2.05, 4.69) is 21.2 Å². The summed E-state index contributed by atoms with van der Waals surface area (Å²) in [7, 11) is -3.26. The highest BCUT2D eigenvalue weighted by atomic mass is 35.5. The number of carbonyl (C=O) groups is 1. The smallest absolute Gasteiger partial charge is 0.394 e. The van der Waals surface area contributed by atoms with Gasteiger partial charge in [0.2, 0.25) is 0 Å². The molecule has 1 amide bonds. The number of alkyl halides is 5. The fourth-order valence-corrected chi connectivity index (χ4v) is 6.40. The zero-order valence-corrected chi connectivity index (χ0v) is 25.1. The highest BCUT2D eigenvalue weighted by Gasteiger charge is 2.47. The molecule has 0 atom stereocenters. The van der Waals surface area contributed by atoms with Gasteiger partial charge >= 0.3 is 12.8 Å². The van der Waals surface area contributed by atoms with E-state index in [1.54, 1.807) is 6.92 Å². The molecule has 8 nitrogen and oxygen atoms in total. The number of carbonyl (C=O) groups excluding carboxylic acids is 1. The van der Waals surface area contributed by atoms with E-state index in [0.717, 1.165) is 26.2 Å². The second-order valence-corrected chi connectivity index (χ2v) is 13.9. The number of aryl methyl sites for hydroxylation is 1. The molecule has 0 saturated heterocycles. The van der Waals surface area contributed by atoms with Crippen LogP contribution in [0.4, 0.5) is 22.0 Å². The number of halogens is 6. The van der Waals surface area contributed by atoms with Crippen molar-refractivity contribution in [3.63, 3.8) is 0 Å². The van der Waals surface area contributed by atoms with E-state index in [4.69, 9.17) is 11.6 Å². The molecule has 2 aromatic rings. The van der Waals surface area contributed by atoms with Gasteiger partial charge in [0, 0.05) is 24.9 Å². The van der Waals surface area contributed by atoms with Crippen LogP contribution in [-0.2, 0) is 22.8 Å². The first kappa shape index (κ1) is 33.6. The number of ether oxygens (including phenoxy) is 1. The van der Waals surface area contributed by atoms with E-state index in [1.807, 2.05) is 0 Å². The van der Waals surface area contributed by atoms with Crippen LogP contribution in [0.1, 0.15) is 62.5 Å². The number of hydrogen-bond acceptors (Lipinski definition) is 6. The van der Waals surface area contributed by atoms with Gasteiger partial charge in [-0.15, -0.1) is 0 Å². The summed E-state index contributed by atoms with van der Waals surface area (Å²) in [6.45, 7) is 0.412. The Balaban J connectivity index is 1.91. The first-order chi connectivity index (χ1) is 19.3. The van der Waals surface area contributed by atoms with Crippen molar-refractivity contribution in [2.75, 3.05) is 12.8 Å². The van der Waals surface area contributed by atoms with Gasteiger partial charge < -0.3 is 10.1 Å². The Morgan fingerprint density at radius 3 is 2.40 bits per heavy atom. The van der Waals surface area contributed by atoms with Crippen LogP contribution in [0.25, 0.3) is 11.3 Å². The van der Waals surface area contributed by atoms with E-state index in [-0.39, 0.29) is 66.3 Å². The standard InChI is InChI=1S/C27H32ClF5N4O4S/c1-5-37-22(18-7-6-16(12-19(18)41-24(29)30)13-25(2,3)27(31,32)33)20(28)21(36-37)23(38)35-15-26(14-34)10-8-17(9-11-26)42(4,39)40/h6-7,12,17,24H,5,8-11,13,15H2,1-4H3,(H,35,38)/t17-,26+. The predicted octanol–water partition coefficient (Wildman–Crippen LogP) is 6.18. The molecule has 1 aliphatic rings. The molecule has 0 unspecified atom stereocenters. The summed E-state index contributed by atoms with van der Waals surface area (Å²) in [5.41, 5.74) is -3.24. The van der Waals surface area contributed by atoms with Crippen molar-refractivity contribution in [2.24, 2.45) is 10.8 Å². The van der Waals surface area contributed by atoms with Gasteiger partial charge in [0.15, 0.2) is 5.69 Å². The largest absolute Gasteiger partial charge is 0.434 e. The van der Waals surface area contributed by atoms with Gasteiger partial charge in [-0.05, 0) is 56.7 Å². The number of nitrogens with zero attached hydrogens (tertiary/aromatic N) is 3. The van der Waals surface area contributed by atoms with Crippen molar-refractivity contribution in [1.29, 1.82) is 5.26 Å². The second-order valence-electron chi connectivity index (χ2n) is 11.2. The quantitative estimate of drug-likeness (QED) is 0.311. The second kappa shape index (κ2) is 12.4. The summed E-state index contributed by atoms with van der Waals surface area (Å²) in [4.78, 5) is 13.1. The van der Waals surface area contributed by atoms with Crippen LogP contribution in [0, 0.1) is 22.2 Å². The van der Waals surface area contributed by atoms with Crippen molar-refractivity contribution in [1.82, 2.24) is 15.1 Å². The van der Waals surface area contributed by atoms with Crippen LogP contribution in [0.5, 0.6) is 5.75 Å². The Labute approximate surface area is 246 Å². The third-order valence-corrected chi connectivity index (χ3v) is 9.70. The number of aromatic nitrogens is 2. The van der Waals surface area contributed by atoms with Crippen molar-refractivity contribution in [3.05, 3.63) is 34.5 Å². The average molecular weight is 639 g/mol. The van der Waals surface area contributed by atoms with Crippen LogP contribution in [0.3, 0.4) is 0 Å². The van der Waals surface area contributed by atoms with Gasteiger partial charge in [-0.2, -0.15) is 32.3 Å². The molecule has 0 aliphatic heterocycles. The summed E-state index contributed by atoms with van der Waals surface area (Å²) >= 11 is 6.54. The first-order valence-electron chi connectivity index (χ1n) is 13.1. The Bertz CT molecular complexity index is 1460. The van der Waals surface area contributed by atoms with Crippen molar-refractivity contribution < 1.29 is 39.9 Å². The van der Waals surface area contributed by atoms with Crippen LogP contribution in [-0.4, -0.2) is 54.9 Å². The minimum Gasteiger partial charge on any atom is -0.434 e. The molecule has 3 rings (SSSR count). The lowest BCUT2D eigenvalue weighted by Gasteiger charge is -2.34. The maximum absolute atomic E-state index is 13.4. The molecule has 42 heavy (non-hydrogen) atoms. The number of benzene rings is 1. The third-order valence-electron chi connectivity index (χ3n) is 7.66. The summed E-state index contributed by atoms with van der Waals surface area (Å²) < 4.78 is 96.7. The minimum absolute atomic E-state index is 0.00476. The highest BCUT2D eigenvalue weighted by Crippen LogP contribution is 2.43. The molecule has 1 N–H and O–H groups in total. The fraction of sp³-hybridized carbons (Fsp3) is 0.593. The highest BCUT2D eigenvalue weighted by molar-refractivity contribution is 7.91. The maximum Gasteiger partial charge on any atom is 0.394 e. The molecule has 0 radical (unpaired) electrons. The molecule has 1 heterocycles. The molecule has 0 spiro atoms. The van der Waals surface area contributed by atoms with E-state index in [0.29, 0.717) is 0 Å². The monoisotopic (exact) mass is 638 g/mol. The topological polar surface area (TPSA) is 114 Å². The molecule has 0 bridgehead atoms. The van der Waals surface area contributed by atoms with Gasteiger partial charge in [-0.1, -0.05) is 31.5 Å². The predicted molar refractivity (Wildman–Crippen MR) is 146 cm³/mol. The van der Waals surface area contributed by atoms with Crippen molar-refractivity contribution >= 4 is 27.3 Å². The lowest BCUT2D eigenvalue weighted by molar-refractivity contribution is -0.211. The van der Waals surface area contributed by atoms with Gasteiger partial charge in [0.25, 0.3) is 5.91 Å². The number of amides is 1. The van der Waals surface area contributed by atoms with Crippen LogP contribution in [0.2, 0.25) is 5.02 Å². The lowest BCUT2D eigenvalue weighted by Crippen LogP contribution is -2.41. The molecular weight excluding hydrogens is 607 g/mol. The zero-order chi connectivity index (χ0) is 31.7. The Morgan fingerprint density at radius 1 is 1.29 bits per heavy atom. The number of hydrogen-bond donors (Lipinski definition) is 1. The fourth-order valence-electron chi connectivity index (χ4n) is 4.98. The van der Waals surface area contributed by atoms with Gasteiger partial charge in [-0.25, -0.2) is 8.42 Å². The minimum atomic E-state index is -4.54. The molecular formula is C27H32ClF5N4O4S. The lowest BCUT2D eigenvalue weighted by atomic mass is 9.75. The number of sulfone groups is 1.